The zero-order valence-electron chi connectivity index (χ0n) is 2.81. The van der Waals surface area contributed by atoms with Gasteiger partial charge < -0.3 is 0 Å². The lowest BCUT2D eigenvalue weighted by Crippen LogP contribution is -1.61. The second-order valence-corrected chi connectivity index (χ2v) is 1.40. The SMILES string of the molecule is Fc1[c]scn1. The maximum atomic E-state index is 11.5. The minimum atomic E-state index is -0.514. The van der Waals surface area contributed by atoms with E-state index in [9.17, 15) is 4.39 Å². The maximum Gasteiger partial charge on any atom is 0.232 e. The van der Waals surface area contributed by atoms with Crippen LogP contribution in [0.3, 0.4) is 0 Å². The Balaban J connectivity index is 3.05. The molecule has 0 N–H and O–H groups in total. The molecule has 0 unspecified atom stereocenters. The molecular formula is C3HFNS. The van der Waals surface area contributed by atoms with Gasteiger partial charge in [-0.05, 0) is 0 Å². The summed E-state index contributed by atoms with van der Waals surface area (Å²) in [5, 5.41) is 2.26. The van der Waals surface area contributed by atoms with Crippen LogP contribution in [0.4, 0.5) is 4.39 Å². The molecule has 0 bridgehead atoms. The molecule has 0 fully saturated rings. The van der Waals surface area contributed by atoms with Crippen molar-refractivity contribution in [3.63, 3.8) is 0 Å². The number of thiazole rings is 1. The third-order valence-corrected chi connectivity index (χ3v) is 0.859. The number of halogens is 1. The van der Waals surface area contributed by atoms with Crippen molar-refractivity contribution >= 4 is 11.3 Å². The van der Waals surface area contributed by atoms with E-state index in [0.717, 1.165) is 11.3 Å². The molecule has 0 amide bonds. The Bertz CT molecular complexity index is 114. The second kappa shape index (κ2) is 1.34. The highest BCUT2D eigenvalue weighted by molar-refractivity contribution is 7.06. The normalized spacial score (nSPS) is 8.83. The van der Waals surface area contributed by atoms with Gasteiger partial charge in [0.05, 0.1) is 5.51 Å². The van der Waals surface area contributed by atoms with Gasteiger partial charge in [-0.2, -0.15) is 4.39 Å². The predicted octanol–water partition coefficient (Wildman–Crippen LogP) is 1.08. The quantitative estimate of drug-likeness (QED) is 0.477. The van der Waals surface area contributed by atoms with Gasteiger partial charge in [0, 0.05) is 0 Å². The highest BCUT2D eigenvalue weighted by atomic mass is 32.1. The molecule has 1 rings (SSSR count). The first kappa shape index (κ1) is 3.74. The molecule has 1 heterocycles. The first-order chi connectivity index (χ1) is 2.89. The van der Waals surface area contributed by atoms with Crippen molar-refractivity contribution in [3.05, 3.63) is 16.8 Å². The first-order valence-corrected chi connectivity index (χ1v) is 2.24. The van der Waals surface area contributed by atoms with Gasteiger partial charge in [0.25, 0.3) is 0 Å². The molecule has 0 aliphatic rings. The molecule has 3 heteroatoms. The summed E-state index contributed by atoms with van der Waals surface area (Å²) in [5.74, 6) is -0.514. The molecule has 0 saturated carbocycles. The summed E-state index contributed by atoms with van der Waals surface area (Å²) < 4.78 is 11.5. The lowest BCUT2D eigenvalue weighted by atomic mass is 11.0. The van der Waals surface area contributed by atoms with E-state index in [2.05, 4.69) is 10.4 Å². The summed E-state index contributed by atoms with van der Waals surface area (Å²) in [6.07, 6.45) is 0. The number of rotatable bonds is 0. The van der Waals surface area contributed by atoms with Crippen LogP contribution >= 0.6 is 11.3 Å². The van der Waals surface area contributed by atoms with Gasteiger partial charge in [0.2, 0.25) is 5.95 Å². The molecule has 31 valence electrons. The third kappa shape index (κ3) is 0.542. The van der Waals surface area contributed by atoms with E-state index in [1.165, 1.54) is 5.51 Å². The van der Waals surface area contributed by atoms with E-state index in [-0.39, 0.29) is 0 Å². The van der Waals surface area contributed by atoms with E-state index in [1.54, 1.807) is 0 Å². The Morgan fingerprint density at radius 1 is 2.00 bits per heavy atom. The van der Waals surface area contributed by atoms with Gasteiger partial charge in [-0.1, -0.05) is 0 Å². The van der Waals surface area contributed by atoms with Gasteiger partial charge in [0.1, 0.15) is 5.38 Å². The lowest BCUT2D eigenvalue weighted by Gasteiger charge is -1.58. The van der Waals surface area contributed by atoms with Crippen LogP contribution in [0.25, 0.3) is 0 Å². The second-order valence-electron chi connectivity index (χ2n) is 0.745. The van der Waals surface area contributed by atoms with Crippen molar-refractivity contribution in [3.8, 4) is 0 Å². The van der Waals surface area contributed by atoms with Gasteiger partial charge in [-0.25, -0.2) is 4.98 Å². The van der Waals surface area contributed by atoms with E-state index < -0.39 is 5.95 Å². The molecule has 0 aliphatic heterocycles. The van der Waals surface area contributed by atoms with E-state index in [4.69, 9.17) is 0 Å². The maximum absolute atomic E-state index is 11.5. The summed E-state index contributed by atoms with van der Waals surface area (Å²) in [6.45, 7) is 0. The Kier molecular flexibility index (Phi) is 0.837. The van der Waals surface area contributed by atoms with Crippen LogP contribution in [0.1, 0.15) is 0 Å². The molecule has 0 aliphatic carbocycles. The smallest absolute Gasteiger partial charge is 0.216 e. The number of nitrogens with zero attached hydrogens (tertiary/aromatic N) is 1. The van der Waals surface area contributed by atoms with Crippen LogP contribution in [-0.4, -0.2) is 4.98 Å². The first-order valence-electron chi connectivity index (χ1n) is 1.36. The Labute approximate surface area is 38.5 Å². The van der Waals surface area contributed by atoms with Crippen molar-refractivity contribution in [1.82, 2.24) is 4.98 Å². The summed E-state index contributed by atoms with van der Waals surface area (Å²) in [6, 6.07) is 0. The zero-order valence-corrected chi connectivity index (χ0v) is 3.63. The van der Waals surface area contributed by atoms with Gasteiger partial charge in [0.15, 0.2) is 0 Å². The minimum absolute atomic E-state index is 0.514. The predicted molar refractivity (Wildman–Crippen MR) is 20.9 cm³/mol. The molecule has 0 aromatic carbocycles. The Morgan fingerprint density at radius 3 is 3.00 bits per heavy atom. The topological polar surface area (TPSA) is 12.9 Å². The summed E-state index contributed by atoms with van der Waals surface area (Å²) in [4.78, 5) is 3.21. The summed E-state index contributed by atoms with van der Waals surface area (Å²) in [5.41, 5.74) is 1.40. The van der Waals surface area contributed by atoms with Crippen LogP contribution in [0.15, 0.2) is 5.51 Å². The number of hydrogen-bond donors (Lipinski definition) is 0. The lowest BCUT2D eigenvalue weighted by molar-refractivity contribution is 0.590. The molecular weight excluding hydrogens is 101 g/mol. The highest BCUT2D eigenvalue weighted by Crippen LogP contribution is 1.93. The summed E-state index contributed by atoms with van der Waals surface area (Å²) in [7, 11) is 0. The fraction of sp³-hybridized carbons (Fsp3) is 0. The molecule has 1 aromatic rings. The van der Waals surface area contributed by atoms with Gasteiger partial charge in [-0.15, -0.1) is 11.3 Å². The van der Waals surface area contributed by atoms with E-state index >= 15 is 0 Å². The Hall–Kier alpha value is -0.440. The molecule has 0 spiro atoms. The largest absolute Gasteiger partial charge is 0.232 e. The standard InChI is InChI=1S/C3HFNS/c4-3-1-6-2-5-3/h2H. The van der Waals surface area contributed by atoms with Crippen LogP contribution in [-0.2, 0) is 0 Å². The molecule has 0 saturated heterocycles. The summed E-state index contributed by atoms with van der Waals surface area (Å²) >= 11 is 1.13. The fourth-order valence-electron chi connectivity index (χ4n) is 0.174. The van der Waals surface area contributed by atoms with Crippen LogP contribution in [0.2, 0.25) is 0 Å². The average Bonchev–Trinajstić information content (AvgIpc) is 1.86. The fourth-order valence-corrected chi connectivity index (χ4v) is 0.522. The number of aromatic nitrogens is 1. The van der Waals surface area contributed by atoms with Crippen LogP contribution < -0.4 is 0 Å². The molecule has 1 nitrogen and oxygen atoms in total. The Morgan fingerprint density at radius 2 is 2.83 bits per heavy atom. The zero-order chi connectivity index (χ0) is 4.41. The van der Waals surface area contributed by atoms with Crippen LogP contribution in [0.5, 0.6) is 0 Å². The van der Waals surface area contributed by atoms with Crippen molar-refractivity contribution in [1.29, 1.82) is 0 Å². The minimum Gasteiger partial charge on any atom is -0.216 e. The molecule has 1 radical (unpaired) electrons. The monoisotopic (exact) mass is 102 g/mol. The molecule has 0 atom stereocenters. The molecule has 1 aromatic heterocycles. The van der Waals surface area contributed by atoms with Crippen LogP contribution in [0, 0.1) is 11.3 Å². The van der Waals surface area contributed by atoms with E-state index in [0.29, 0.717) is 0 Å². The van der Waals surface area contributed by atoms with Gasteiger partial charge in [-0.3, -0.25) is 0 Å². The average molecular weight is 102 g/mol. The highest BCUT2D eigenvalue weighted by Gasteiger charge is 1.83. The van der Waals surface area contributed by atoms with Gasteiger partial charge >= 0.3 is 0 Å². The van der Waals surface area contributed by atoms with Crippen molar-refractivity contribution in [2.45, 2.75) is 0 Å². The van der Waals surface area contributed by atoms with Crippen molar-refractivity contribution < 1.29 is 4.39 Å². The van der Waals surface area contributed by atoms with E-state index in [1.807, 2.05) is 0 Å². The van der Waals surface area contributed by atoms with Crippen molar-refractivity contribution in [2.24, 2.45) is 0 Å². The number of hydrogen-bond acceptors (Lipinski definition) is 2. The molecule has 6 heavy (non-hydrogen) atoms. The third-order valence-electron chi connectivity index (χ3n) is 0.362. The van der Waals surface area contributed by atoms with Crippen molar-refractivity contribution in [2.75, 3.05) is 0 Å².